The molecule has 0 radical (unpaired) electrons. The Kier molecular flexibility index (Phi) is 4.48. The Hall–Kier alpha value is -3.62. The normalized spacial score (nSPS) is 16.0. The highest BCUT2D eigenvalue weighted by molar-refractivity contribution is 7.15. The van der Waals surface area contributed by atoms with Crippen LogP contribution in [0.1, 0.15) is 17.7 Å². The van der Waals surface area contributed by atoms with Gasteiger partial charge in [-0.1, -0.05) is 47.2 Å². The second kappa shape index (κ2) is 7.51. The van der Waals surface area contributed by atoms with Crippen molar-refractivity contribution in [2.24, 2.45) is 0 Å². The molecule has 9 heteroatoms. The summed E-state index contributed by atoms with van der Waals surface area (Å²) in [6, 6.07) is 18.5. The second-order valence-corrected chi connectivity index (χ2v) is 8.54. The van der Waals surface area contributed by atoms with Crippen molar-refractivity contribution in [2.75, 3.05) is 6.61 Å². The first kappa shape index (κ1) is 19.1. The Labute approximate surface area is 190 Å². The Morgan fingerprint density at radius 2 is 1.88 bits per heavy atom. The van der Waals surface area contributed by atoms with E-state index in [-0.39, 0.29) is 12.2 Å². The molecule has 0 bridgehead atoms. The summed E-state index contributed by atoms with van der Waals surface area (Å²) in [5.41, 5.74) is 0.524. The van der Waals surface area contributed by atoms with E-state index in [2.05, 4.69) is 10.1 Å². The van der Waals surface area contributed by atoms with Gasteiger partial charge in [-0.05, 0) is 36.4 Å². The topological polar surface area (TPSA) is 78.9 Å². The van der Waals surface area contributed by atoms with Gasteiger partial charge in [0.2, 0.25) is 4.96 Å². The number of para-hydroxylation sites is 2. The van der Waals surface area contributed by atoms with Crippen LogP contribution in [0.3, 0.4) is 0 Å². The van der Waals surface area contributed by atoms with Gasteiger partial charge in [-0.2, -0.15) is 9.50 Å². The van der Waals surface area contributed by atoms with Crippen LogP contribution in [-0.4, -0.2) is 21.2 Å². The lowest BCUT2D eigenvalue weighted by Gasteiger charge is -2.24. The minimum Gasteiger partial charge on any atom is -0.485 e. The van der Waals surface area contributed by atoms with E-state index in [0.717, 1.165) is 5.56 Å². The van der Waals surface area contributed by atoms with Gasteiger partial charge in [-0.3, -0.25) is 4.79 Å². The lowest BCUT2D eigenvalue weighted by Crippen LogP contribution is -2.26. The van der Waals surface area contributed by atoms with Gasteiger partial charge in [-0.25, -0.2) is 0 Å². The molecule has 0 aliphatic carbocycles. The van der Waals surface area contributed by atoms with Crippen molar-refractivity contribution in [1.82, 2.24) is 14.6 Å². The lowest BCUT2D eigenvalue weighted by atomic mass is 10.2. The minimum absolute atomic E-state index is 0.267. The Morgan fingerprint density at radius 3 is 2.72 bits per heavy atom. The molecule has 0 unspecified atom stereocenters. The molecule has 4 heterocycles. The third-order valence-electron chi connectivity index (χ3n) is 5.03. The molecule has 0 N–H and O–H groups in total. The second-order valence-electron chi connectivity index (χ2n) is 7.13. The number of fused-ring (bicyclic) bond motifs is 2. The summed E-state index contributed by atoms with van der Waals surface area (Å²) in [7, 11) is 0. The van der Waals surface area contributed by atoms with E-state index >= 15 is 0 Å². The third-order valence-corrected chi connectivity index (χ3v) is 6.32. The monoisotopic (exact) mass is 463 g/mol. The molecule has 5 aromatic rings. The molecule has 1 atom stereocenters. The van der Waals surface area contributed by atoms with Gasteiger partial charge in [0.05, 0.1) is 5.02 Å². The van der Waals surface area contributed by atoms with Crippen molar-refractivity contribution in [2.45, 2.75) is 6.10 Å². The van der Waals surface area contributed by atoms with Crippen molar-refractivity contribution >= 4 is 34.0 Å². The highest BCUT2D eigenvalue weighted by Gasteiger charge is 2.27. The Bertz CT molecular complexity index is 1570. The van der Waals surface area contributed by atoms with E-state index in [4.69, 9.17) is 25.5 Å². The van der Waals surface area contributed by atoms with Crippen LogP contribution in [0.4, 0.5) is 0 Å². The number of halogens is 1. The van der Waals surface area contributed by atoms with Crippen LogP contribution >= 0.6 is 22.9 Å². The summed E-state index contributed by atoms with van der Waals surface area (Å²) in [5.74, 6) is 2.90. The van der Waals surface area contributed by atoms with Gasteiger partial charge in [0.25, 0.3) is 5.56 Å². The standard InChI is InChI=1S/C23H14ClN3O4S/c24-15-6-2-1-5-14(15)16-10-9-13(30-16)11-20-22(28)27-23(32-20)25-21(26-27)19-12-29-17-7-3-4-8-18(17)31-19/h1-11,19H,12H2/b20-11+/t19-/m0/s1. The Morgan fingerprint density at radius 1 is 1.06 bits per heavy atom. The summed E-state index contributed by atoms with van der Waals surface area (Å²) >= 11 is 7.48. The van der Waals surface area contributed by atoms with E-state index in [1.807, 2.05) is 48.5 Å². The van der Waals surface area contributed by atoms with E-state index in [1.165, 1.54) is 15.9 Å². The lowest BCUT2D eigenvalue weighted by molar-refractivity contribution is 0.0852. The molecular formula is C23H14ClN3O4S. The molecule has 0 saturated heterocycles. The van der Waals surface area contributed by atoms with Gasteiger partial charge in [0, 0.05) is 11.6 Å². The SMILES string of the molecule is O=c1/c(=C\c2ccc(-c3ccccc3Cl)o2)sc2nc([C@@H]3COc4ccccc4O3)nn12. The van der Waals surface area contributed by atoms with Crippen molar-refractivity contribution in [1.29, 1.82) is 0 Å². The average Bonchev–Trinajstić information content (AvgIpc) is 3.51. The first-order chi connectivity index (χ1) is 15.7. The molecule has 3 aromatic heterocycles. The molecular weight excluding hydrogens is 450 g/mol. The number of thiazole rings is 1. The zero-order valence-electron chi connectivity index (χ0n) is 16.4. The number of nitrogens with zero attached hydrogens (tertiary/aromatic N) is 3. The zero-order valence-corrected chi connectivity index (χ0v) is 18.0. The molecule has 158 valence electrons. The number of ether oxygens (including phenoxy) is 2. The van der Waals surface area contributed by atoms with E-state index in [0.29, 0.717) is 43.4 Å². The fraction of sp³-hybridized carbons (Fsp3) is 0.0870. The van der Waals surface area contributed by atoms with Crippen molar-refractivity contribution in [3.63, 3.8) is 0 Å². The maximum absolute atomic E-state index is 12.9. The van der Waals surface area contributed by atoms with Crippen molar-refractivity contribution in [3.05, 3.63) is 92.2 Å². The predicted octanol–water partition coefficient (Wildman–Crippen LogP) is 4.12. The quantitative estimate of drug-likeness (QED) is 0.400. The number of hydrogen-bond acceptors (Lipinski definition) is 7. The molecule has 1 aliphatic rings. The summed E-state index contributed by atoms with van der Waals surface area (Å²) in [6.45, 7) is 0.277. The van der Waals surface area contributed by atoms with Crippen LogP contribution in [0.15, 0.2) is 69.9 Å². The van der Waals surface area contributed by atoms with Crippen molar-refractivity contribution in [3.8, 4) is 22.8 Å². The molecule has 0 amide bonds. The van der Waals surface area contributed by atoms with E-state index in [1.54, 1.807) is 18.2 Å². The summed E-state index contributed by atoms with van der Waals surface area (Å²) in [4.78, 5) is 17.8. The van der Waals surface area contributed by atoms with Gasteiger partial charge >= 0.3 is 0 Å². The fourth-order valence-electron chi connectivity index (χ4n) is 3.50. The minimum atomic E-state index is -0.480. The maximum Gasteiger partial charge on any atom is 0.291 e. The van der Waals surface area contributed by atoms with Gasteiger partial charge in [0.15, 0.2) is 23.4 Å². The van der Waals surface area contributed by atoms with Crippen LogP contribution in [0.25, 0.3) is 22.4 Å². The predicted molar refractivity (Wildman–Crippen MR) is 120 cm³/mol. The molecule has 1 aliphatic heterocycles. The van der Waals surface area contributed by atoms with Crippen LogP contribution in [0, 0.1) is 0 Å². The highest BCUT2D eigenvalue weighted by atomic mass is 35.5. The van der Waals surface area contributed by atoms with Crippen LogP contribution in [0.5, 0.6) is 11.5 Å². The van der Waals surface area contributed by atoms with Gasteiger partial charge < -0.3 is 13.9 Å². The number of hydrogen-bond donors (Lipinski definition) is 0. The number of aromatic nitrogens is 3. The summed E-state index contributed by atoms with van der Waals surface area (Å²) < 4.78 is 19.3. The maximum atomic E-state index is 12.9. The number of benzene rings is 2. The molecule has 7 nitrogen and oxygen atoms in total. The first-order valence-electron chi connectivity index (χ1n) is 9.80. The van der Waals surface area contributed by atoms with E-state index < -0.39 is 6.10 Å². The largest absolute Gasteiger partial charge is 0.485 e. The third kappa shape index (κ3) is 3.24. The summed E-state index contributed by atoms with van der Waals surface area (Å²) in [5, 5.41) is 4.96. The molecule has 32 heavy (non-hydrogen) atoms. The summed E-state index contributed by atoms with van der Waals surface area (Å²) in [6.07, 6.45) is 1.20. The molecule has 6 rings (SSSR count). The number of furan rings is 1. The van der Waals surface area contributed by atoms with Gasteiger partial charge in [-0.15, -0.1) is 5.10 Å². The molecule has 0 spiro atoms. The van der Waals surface area contributed by atoms with Gasteiger partial charge in [0.1, 0.15) is 22.7 Å². The first-order valence-corrected chi connectivity index (χ1v) is 11.0. The highest BCUT2D eigenvalue weighted by Crippen LogP contribution is 2.35. The Balaban J connectivity index is 1.31. The smallest absolute Gasteiger partial charge is 0.291 e. The van der Waals surface area contributed by atoms with Crippen LogP contribution < -0.4 is 19.6 Å². The number of rotatable bonds is 3. The zero-order chi connectivity index (χ0) is 21.7. The van der Waals surface area contributed by atoms with Crippen LogP contribution in [-0.2, 0) is 0 Å². The van der Waals surface area contributed by atoms with Crippen LogP contribution in [0.2, 0.25) is 5.02 Å². The molecule has 0 fully saturated rings. The molecule has 2 aromatic carbocycles. The van der Waals surface area contributed by atoms with E-state index in [9.17, 15) is 4.79 Å². The average molecular weight is 464 g/mol. The molecule has 0 saturated carbocycles. The van der Waals surface area contributed by atoms with Crippen molar-refractivity contribution < 1.29 is 13.9 Å². The fourth-order valence-corrected chi connectivity index (χ4v) is 4.62.